The number of hydrogen-bond acceptors (Lipinski definition) is 4. The van der Waals surface area contributed by atoms with Crippen LogP contribution in [0.25, 0.3) is 0 Å². The van der Waals surface area contributed by atoms with E-state index in [1.54, 1.807) is 6.20 Å². The zero-order valence-electron chi connectivity index (χ0n) is 11.3. The Balaban J connectivity index is 1.96. The third-order valence-electron chi connectivity index (χ3n) is 3.08. The number of nitrogens with one attached hydrogen (secondary N) is 1. The molecule has 5 heteroatoms. The molecular formula is C15H18BrN3S. The topological polar surface area (TPSA) is 50.9 Å². The molecule has 0 amide bonds. The number of rotatable bonds is 6. The molecule has 3 N–H and O–H groups in total. The molecule has 2 aromatic rings. The van der Waals surface area contributed by atoms with Gasteiger partial charge in [0.1, 0.15) is 5.82 Å². The number of benzene rings is 1. The Morgan fingerprint density at radius 1 is 1.30 bits per heavy atom. The minimum atomic E-state index is 0.360. The standard InChI is InChI=1S/C15H18BrN3S/c1-18-12(9-11-5-4-8-19-15(11)17)10-20-14-7-3-2-6-13(14)16/h2-8,12,18H,9-10H2,1H3,(H2,17,19). The first kappa shape index (κ1) is 15.4. The summed E-state index contributed by atoms with van der Waals surface area (Å²) in [5.74, 6) is 1.60. The SMILES string of the molecule is CNC(CSc1ccccc1Br)Cc1cccnc1N. The van der Waals surface area contributed by atoms with Crippen LogP contribution in [0.3, 0.4) is 0 Å². The Hall–Kier alpha value is -1.04. The Morgan fingerprint density at radius 3 is 2.80 bits per heavy atom. The molecule has 106 valence electrons. The molecule has 0 aliphatic rings. The van der Waals surface area contributed by atoms with E-state index >= 15 is 0 Å². The molecule has 0 bridgehead atoms. The molecule has 1 aromatic heterocycles. The third-order valence-corrected chi connectivity index (χ3v) is 5.27. The molecular weight excluding hydrogens is 334 g/mol. The van der Waals surface area contributed by atoms with Crippen LogP contribution in [0, 0.1) is 0 Å². The second kappa shape index (κ2) is 7.67. The molecule has 1 atom stereocenters. The fourth-order valence-corrected chi connectivity index (χ4v) is 3.56. The predicted molar refractivity (Wildman–Crippen MR) is 90.1 cm³/mol. The van der Waals surface area contributed by atoms with E-state index in [9.17, 15) is 0 Å². The van der Waals surface area contributed by atoms with Crippen molar-refractivity contribution in [3.8, 4) is 0 Å². The fourth-order valence-electron chi connectivity index (χ4n) is 1.89. The van der Waals surface area contributed by atoms with Gasteiger partial charge >= 0.3 is 0 Å². The number of hydrogen-bond donors (Lipinski definition) is 2. The molecule has 0 spiro atoms. The number of thioether (sulfide) groups is 1. The quantitative estimate of drug-likeness (QED) is 0.783. The van der Waals surface area contributed by atoms with E-state index in [1.165, 1.54) is 4.90 Å². The van der Waals surface area contributed by atoms with Crippen LogP contribution in [-0.2, 0) is 6.42 Å². The molecule has 0 aliphatic carbocycles. The van der Waals surface area contributed by atoms with E-state index in [4.69, 9.17) is 5.73 Å². The maximum absolute atomic E-state index is 5.90. The van der Waals surface area contributed by atoms with Gasteiger partial charge in [-0.2, -0.15) is 0 Å². The highest BCUT2D eigenvalue weighted by Crippen LogP contribution is 2.28. The van der Waals surface area contributed by atoms with E-state index in [0.29, 0.717) is 11.9 Å². The van der Waals surface area contributed by atoms with Gasteiger partial charge in [0.25, 0.3) is 0 Å². The Morgan fingerprint density at radius 2 is 2.10 bits per heavy atom. The van der Waals surface area contributed by atoms with Gasteiger partial charge in [0.2, 0.25) is 0 Å². The van der Waals surface area contributed by atoms with Crippen LogP contribution in [-0.4, -0.2) is 23.8 Å². The van der Waals surface area contributed by atoms with Crippen molar-refractivity contribution < 1.29 is 0 Å². The van der Waals surface area contributed by atoms with Crippen LogP contribution in [0.5, 0.6) is 0 Å². The van der Waals surface area contributed by atoms with Gasteiger partial charge in [-0.25, -0.2) is 4.98 Å². The number of likely N-dealkylation sites (N-methyl/N-ethyl adjacent to an activating group) is 1. The molecule has 0 radical (unpaired) electrons. The Bertz CT molecular complexity index is 562. The summed E-state index contributed by atoms with van der Waals surface area (Å²) in [7, 11) is 1.98. The van der Waals surface area contributed by atoms with E-state index in [0.717, 1.165) is 22.2 Å². The van der Waals surface area contributed by atoms with Gasteiger partial charge in [0.05, 0.1) is 0 Å². The summed E-state index contributed by atoms with van der Waals surface area (Å²) in [5.41, 5.74) is 7.00. The summed E-state index contributed by atoms with van der Waals surface area (Å²) < 4.78 is 1.14. The lowest BCUT2D eigenvalue weighted by atomic mass is 10.1. The van der Waals surface area contributed by atoms with E-state index < -0.39 is 0 Å². The van der Waals surface area contributed by atoms with E-state index in [-0.39, 0.29) is 0 Å². The van der Waals surface area contributed by atoms with Gasteiger partial charge in [-0.05, 0) is 53.2 Å². The number of aromatic nitrogens is 1. The lowest BCUT2D eigenvalue weighted by Gasteiger charge is -2.17. The highest BCUT2D eigenvalue weighted by atomic mass is 79.9. The summed E-state index contributed by atoms with van der Waals surface area (Å²) in [6, 6.07) is 12.6. The van der Waals surface area contributed by atoms with Crippen LogP contribution >= 0.6 is 27.7 Å². The van der Waals surface area contributed by atoms with Gasteiger partial charge in [0.15, 0.2) is 0 Å². The second-order valence-corrected chi connectivity index (χ2v) is 6.40. The summed E-state index contributed by atoms with van der Waals surface area (Å²) in [5, 5.41) is 3.35. The maximum Gasteiger partial charge on any atom is 0.126 e. The summed E-state index contributed by atoms with van der Waals surface area (Å²) in [6.45, 7) is 0. The van der Waals surface area contributed by atoms with Gasteiger partial charge in [-0.3, -0.25) is 0 Å². The van der Waals surface area contributed by atoms with Gasteiger partial charge in [-0.15, -0.1) is 11.8 Å². The van der Waals surface area contributed by atoms with Crippen LogP contribution in [0.15, 0.2) is 52.0 Å². The second-order valence-electron chi connectivity index (χ2n) is 4.48. The lowest BCUT2D eigenvalue weighted by Crippen LogP contribution is -2.30. The van der Waals surface area contributed by atoms with Crippen molar-refractivity contribution >= 4 is 33.5 Å². The molecule has 20 heavy (non-hydrogen) atoms. The van der Waals surface area contributed by atoms with Crippen LogP contribution < -0.4 is 11.1 Å². The largest absolute Gasteiger partial charge is 0.383 e. The zero-order chi connectivity index (χ0) is 14.4. The van der Waals surface area contributed by atoms with Crippen molar-refractivity contribution in [3.05, 3.63) is 52.6 Å². The minimum absolute atomic E-state index is 0.360. The highest BCUT2D eigenvalue weighted by molar-refractivity contribution is 9.10. The molecule has 1 heterocycles. The first-order valence-electron chi connectivity index (χ1n) is 6.44. The summed E-state index contributed by atoms with van der Waals surface area (Å²) >= 11 is 5.41. The normalized spacial score (nSPS) is 12.3. The molecule has 0 saturated heterocycles. The summed E-state index contributed by atoms with van der Waals surface area (Å²) in [4.78, 5) is 5.39. The summed E-state index contributed by atoms with van der Waals surface area (Å²) in [6.07, 6.45) is 2.61. The third kappa shape index (κ3) is 4.23. The zero-order valence-corrected chi connectivity index (χ0v) is 13.7. The van der Waals surface area contributed by atoms with Crippen molar-refractivity contribution in [1.82, 2.24) is 10.3 Å². The molecule has 0 aliphatic heterocycles. The van der Waals surface area contributed by atoms with Gasteiger partial charge < -0.3 is 11.1 Å². The first-order chi connectivity index (χ1) is 9.70. The molecule has 1 unspecified atom stereocenters. The molecule has 0 fully saturated rings. The van der Waals surface area contributed by atoms with Crippen molar-refractivity contribution in [3.63, 3.8) is 0 Å². The number of halogens is 1. The predicted octanol–water partition coefficient (Wildman–Crippen LogP) is 3.35. The smallest absolute Gasteiger partial charge is 0.126 e. The molecule has 2 rings (SSSR count). The van der Waals surface area contributed by atoms with E-state index in [2.05, 4.69) is 44.4 Å². The van der Waals surface area contributed by atoms with Crippen molar-refractivity contribution in [1.29, 1.82) is 0 Å². The van der Waals surface area contributed by atoms with Crippen molar-refractivity contribution in [2.75, 3.05) is 18.5 Å². The average molecular weight is 352 g/mol. The fraction of sp³-hybridized carbons (Fsp3) is 0.267. The highest BCUT2D eigenvalue weighted by Gasteiger charge is 2.11. The van der Waals surface area contributed by atoms with Crippen LogP contribution in [0.4, 0.5) is 5.82 Å². The number of nitrogens with zero attached hydrogens (tertiary/aromatic N) is 1. The molecule has 3 nitrogen and oxygen atoms in total. The first-order valence-corrected chi connectivity index (χ1v) is 8.22. The van der Waals surface area contributed by atoms with E-state index in [1.807, 2.05) is 37.0 Å². The average Bonchev–Trinajstić information content (AvgIpc) is 2.47. The van der Waals surface area contributed by atoms with Gasteiger partial charge in [-0.1, -0.05) is 18.2 Å². The van der Waals surface area contributed by atoms with Crippen LogP contribution in [0.1, 0.15) is 5.56 Å². The molecule has 0 saturated carbocycles. The van der Waals surface area contributed by atoms with Crippen molar-refractivity contribution in [2.24, 2.45) is 0 Å². The maximum atomic E-state index is 5.90. The minimum Gasteiger partial charge on any atom is -0.383 e. The Kier molecular flexibility index (Phi) is 5.88. The number of pyridine rings is 1. The number of nitrogen functional groups attached to an aromatic ring is 1. The van der Waals surface area contributed by atoms with Gasteiger partial charge in [0, 0.05) is 27.4 Å². The number of anilines is 1. The van der Waals surface area contributed by atoms with Crippen molar-refractivity contribution in [2.45, 2.75) is 17.4 Å². The lowest BCUT2D eigenvalue weighted by molar-refractivity contribution is 0.617. The number of nitrogens with two attached hydrogens (primary N) is 1. The Labute approximate surface area is 132 Å². The molecule has 1 aromatic carbocycles. The van der Waals surface area contributed by atoms with Crippen LogP contribution in [0.2, 0.25) is 0 Å². The monoisotopic (exact) mass is 351 g/mol.